The topological polar surface area (TPSA) is 48.8 Å². The van der Waals surface area contributed by atoms with Crippen LogP contribution in [0.4, 0.5) is 0 Å². The van der Waals surface area contributed by atoms with Crippen molar-refractivity contribution in [3.05, 3.63) is 18.0 Å². The first-order chi connectivity index (χ1) is 12.4. The van der Waals surface area contributed by atoms with Gasteiger partial charge in [-0.3, -0.25) is 9.58 Å². The van der Waals surface area contributed by atoms with Crippen molar-refractivity contribution in [3.63, 3.8) is 0 Å². The second kappa shape index (κ2) is 8.62. The van der Waals surface area contributed by atoms with E-state index in [0.29, 0.717) is 18.0 Å². The highest BCUT2D eigenvalue weighted by Gasteiger charge is 2.30. The van der Waals surface area contributed by atoms with Gasteiger partial charge in [-0.05, 0) is 44.1 Å². The van der Waals surface area contributed by atoms with Crippen LogP contribution in [0.3, 0.4) is 0 Å². The third-order valence-corrected chi connectivity index (χ3v) is 5.91. The normalized spacial score (nSPS) is 26.6. The molecule has 0 spiro atoms. The lowest BCUT2D eigenvalue weighted by atomic mass is 10.0. The highest BCUT2D eigenvalue weighted by atomic mass is 16.5. The van der Waals surface area contributed by atoms with Gasteiger partial charge in [0, 0.05) is 65.0 Å². The van der Waals surface area contributed by atoms with Gasteiger partial charge in [-0.25, -0.2) is 0 Å². The van der Waals surface area contributed by atoms with Gasteiger partial charge in [0.25, 0.3) is 0 Å². The average Bonchev–Trinajstić information content (AvgIpc) is 3.15. The molecule has 4 heterocycles. The van der Waals surface area contributed by atoms with Gasteiger partial charge >= 0.3 is 0 Å². The first-order valence-corrected chi connectivity index (χ1v) is 9.90. The number of nitrogens with zero attached hydrogens (tertiary/aromatic N) is 3. The molecule has 0 N–H and O–H groups in total. The second-order valence-electron chi connectivity index (χ2n) is 7.61. The van der Waals surface area contributed by atoms with Gasteiger partial charge in [-0.2, -0.15) is 5.10 Å². The fourth-order valence-corrected chi connectivity index (χ4v) is 4.34. The first-order valence-electron chi connectivity index (χ1n) is 9.90. The Morgan fingerprint density at radius 1 is 1.08 bits per heavy atom. The van der Waals surface area contributed by atoms with E-state index in [1.165, 1.54) is 5.69 Å². The third-order valence-electron chi connectivity index (χ3n) is 5.91. The van der Waals surface area contributed by atoms with Crippen molar-refractivity contribution in [3.8, 4) is 0 Å². The van der Waals surface area contributed by atoms with E-state index in [-0.39, 0.29) is 0 Å². The van der Waals surface area contributed by atoms with Gasteiger partial charge in [0.15, 0.2) is 0 Å². The quantitative estimate of drug-likeness (QED) is 0.737. The fourth-order valence-electron chi connectivity index (χ4n) is 4.34. The molecule has 140 valence electrons. The van der Waals surface area contributed by atoms with Crippen LogP contribution in [0.2, 0.25) is 0 Å². The third kappa shape index (κ3) is 4.42. The summed E-state index contributed by atoms with van der Waals surface area (Å²) in [6, 6.07) is 3.25. The molecule has 1 aromatic heterocycles. The smallest absolute Gasteiger partial charge is 0.0672 e. The predicted molar refractivity (Wildman–Crippen MR) is 94.5 cm³/mol. The monoisotopic (exact) mass is 349 g/mol. The maximum Gasteiger partial charge on any atom is 0.0672 e. The molecule has 0 radical (unpaired) electrons. The second-order valence-corrected chi connectivity index (χ2v) is 7.61. The lowest BCUT2D eigenvalue weighted by Gasteiger charge is -2.40. The molecule has 1 unspecified atom stereocenters. The predicted octanol–water partition coefficient (Wildman–Crippen LogP) is 2.25. The van der Waals surface area contributed by atoms with Gasteiger partial charge in [0.1, 0.15) is 0 Å². The molecular weight excluding hydrogens is 318 g/mol. The zero-order valence-corrected chi connectivity index (χ0v) is 15.1. The highest BCUT2D eigenvalue weighted by molar-refractivity contribution is 5.06. The van der Waals surface area contributed by atoms with E-state index >= 15 is 0 Å². The van der Waals surface area contributed by atoms with Crippen molar-refractivity contribution in [1.29, 1.82) is 0 Å². The lowest BCUT2D eigenvalue weighted by Crippen LogP contribution is -2.46. The molecule has 0 saturated carbocycles. The van der Waals surface area contributed by atoms with Crippen molar-refractivity contribution < 1.29 is 14.2 Å². The minimum atomic E-state index is 0.427. The molecule has 6 heteroatoms. The number of hydrogen-bond donors (Lipinski definition) is 0. The molecule has 6 nitrogen and oxygen atoms in total. The Morgan fingerprint density at radius 3 is 2.64 bits per heavy atom. The molecule has 0 aliphatic carbocycles. The Morgan fingerprint density at radius 2 is 1.84 bits per heavy atom. The van der Waals surface area contributed by atoms with Crippen LogP contribution in [-0.2, 0) is 20.8 Å². The summed E-state index contributed by atoms with van der Waals surface area (Å²) in [5.41, 5.74) is 1.34. The Bertz CT molecular complexity index is 524. The lowest BCUT2D eigenvalue weighted by molar-refractivity contribution is 0.00358. The van der Waals surface area contributed by atoms with E-state index in [9.17, 15) is 0 Å². The van der Waals surface area contributed by atoms with Gasteiger partial charge in [-0.15, -0.1) is 0 Å². The molecule has 4 rings (SSSR count). The number of rotatable bonds is 6. The molecule has 2 fully saturated rings. The Labute approximate surface area is 150 Å². The van der Waals surface area contributed by atoms with E-state index in [1.807, 2.05) is 6.20 Å². The first kappa shape index (κ1) is 17.5. The molecular formula is C19H31N3O3. The van der Waals surface area contributed by atoms with E-state index in [1.54, 1.807) is 0 Å². The van der Waals surface area contributed by atoms with E-state index in [4.69, 9.17) is 14.2 Å². The number of aromatic nitrogens is 2. The maximum absolute atomic E-state index is 6.01. The molecule has 1 atom stereocenters. The summed E-state index contributed by atoms with van der Waals surface area (Å²) >= 11 is 0. The van der Waals surface area contributed by atoms with Crippen molar-refractivity contribution in [2.24, 2.45) is 5.92 Å². The summed E-state index contributed by atoms with van der Waals surface area (Å²) in [5.74, 6) is 0.680. The van der Waals surface area contributed by atoms with Gasteiger partial charge in [0.05, 0.1) is 11.7 Å². The minimum absolute atomic E-state index is 0.427. The molecule has 3 aliphatic heterocycles. The molecule has 0 aromatic carbocycles. The fraction of sp³-hybridized carbons (Fsp3) is 0.842. The summed E-state index contributed by atoms with van der Waals surface area (Å²) in [6.45, 7) is 7.40. The Kier molecular flexibility index (Phi) is 6.02. The van der Waals surface area contributed by atoms with Crippen molar-refractivity contribution in [1.82, 2.24) is 14.7 Å². The molecule has 0 amide bonds. The molecule has 3 aliphatic rings. The van der Waals surface area contributed by atoms with E-state index in [0.717, 1.165) is 84.8 Å². The van der Waals surface area contributed by atoms with Crippen LogP contribution >= 0.6 is 0 Å². The standard InChI is InChI=1S/C19H31N3O3/c1-7-20-22-18(1)13-21(17-4-10-24-11-5-17)14-19(22)6-12-25-15-16-2-8-23-9-3-16/h1,7,16-17,19H,2-6,8-15H2. The number of fused-ring (bicyclic) bond motifs is 1. The van der Waals surface area contributed by atoms with Gasteiger partial charge in [-0.1, -0.05) is 0 Å². The van der Waals surface area contributed by atoms with Crippen molar-refractivity contribution >= 4 is 0 Å². The zero-order valence-electron chi connectivity index (χ0n) is 15.1. The molecule has 25 heavy (non-hydrogen) atoms. The zero-order chi connectivity index (χ0) is 16.9. The van der Waals surface area contributed by atoms with Crippen LogP contribution in [0.25, 0.3) is 0 Å². The van der Waals surface area contributed by atoms with Crippen LogP contribution < -0.4 is 0 Å². The van der Waals surface area contributed by atoms with Crippen LogP contribution in [0.15, 0.2) is 12.3 Å². The van der Waals surface area contributed by atoms with Gasteiger partial charge < -0.3 is 14.2 Å². The molecule has 1 aromatic rings. The summed E-state index contributed by atoms with van der Waals surface area (Å²) < 4.78 is 19.2. The summed E-state index contributed by atoms with van der Waals surface area (Å²) in [5, 5.41) is 4.58. The number of ether oxygens (including phenoxy) is 3. The average molecular weight is 349 g/mol. The van der Waals surface area contributed by atoms with E-state index in [2.05, 4.69) is 20.7 Å². The van der Waals surface area contributed by atoms with E-state index < -0.39 is 0 Å². The van der Waals surface area contributed by atoms with Crippen LogP contribution in [-0.4, -0.2) is 66.9 Å². The van der Waals surface area contributed by atoms with Crippen LogP contribution in [0, 0.1) is 5.92 Å². The summed E-state index contributed by atoms with van der Waals surface area (Å²) in [6.07, 6.45) is 7.58. The maximum atomic E-state index is 6.01. The largest absolute Gasteiger partial charge is 0.381 e. The van der Waals surface area contributed by atoms with Gasteiger partial charge in [0.2, 0.25) is 0 Å². The Hall–Kier alpha value is -0.950. The minimum Gasteiger partial charge on any atom is -0.381 e. The Balaban J connectivity index is 1.29. The van der Waals surface area contributed by atoms with Crippen molar-refractivity contribution in [2.45, 2.75) is 50.7 Å². The van der Waals surface area contributed by atoms with Crippen molar-refractivity contribution in [2.75, 3.05) is 46.2 Å². The SMILES string of the molecule is c1cc2n(n1)C(CCOCC1CCOCC1)CN(C1CCOCC1)C2. The molecule has 0 bridgehead atoms. The summed E-state index contributed by atoms with van der Waals surface area (Å²) in [4.78, 5) is 2.64. The summed E-state index contributed by atoms with van der Waals surface area (Å²) in [7, 11) is 0. The number of hydrogen-bond acceptors (Lipinski definition) is 5. The van der Waals surface area contributed by atoms with Crippen LogP contribution in [0.1, 0.15) is 43.8 Å². The highest BCUT2D eigenvalue weighted by Crippen LogP contribution is 2.27. The molecule has 2 saturated heterocycles. The van der Waals surface area contributed by atoms with Crippen LogP contribution in [0.5, 0.6) is 0 Å².